The van der Waals surface area contributed by atoms with Gasteiger partial charge in [-0.25, -0.2) is 0 Å². The Hall–Kier alpha value is -4.70. The molecule has 0 spiro atoms. The molecule has 0 amide bonds. The van der Waals surface area contributed by atoms with Crippen LogP contribution >= 0.6 is 0 Å². The van der Waals surface area contributed by atoms with Crippen LogP contribution in [0.4, 0.5) is 0 Å². The highest BCUT2D eigenvalue weighted by Gasteiger charge is 2.46. The standard InChI is InChI=1S/C60H78O4/c1-37(2)49-33-45(16-20-53(49)61)59(46-17-21-54(62)50(34-46)38(3)4)28-24-41(25-29-59)57(9,10)43-14-13-15-44(32-43)58(11,12)42-26-30-60(31-27-42,47-18-22-55(63)51(35-47)39(5)6)48-19-23-56(64)52(36-48)40(7)8/h13-23,32-42,61-64H,24-31H2,1-12H3. The smallest absolute Gasteiger partial charge is 0.119 e. The molecule has 4 N–H and O–H groups in total. The van der Waals surface area contributed by atoms with Crippen LogP contribution in [0.5, 0.6) is 23.0 Å². The van der Waals surface area contributed by atoms with Crippen molar-refractivity contribution < 1.29 is 20.4 Å². The lowest BCUT2D eigenvalue weighted by molar-refractivity contribution is 0.184. The zero-order valence-electron chi connectivity index (χ0n) is 41.1. The van der Waals surface area contributed by atoms with Gasteiger partial charge < -0.3 is 20.4 Å². The minimum atomic E-state index is -0.214. The van der Waals surface area contributed by atoms with E-state index in [0.29, 0.717) is 34.8 Å². The van der Waals surface area contributed by atoms with Gasteiger partial charge in [-0.05, 0) is 178 Å². The molecule has 5 aromatic carbocycles. The fourth-order valence-corrected chi connectivity index (χ4v) is 12.2. The highest BCUT2D eigenvalue weighted by molar-refractivity contribution is 5.52. The van der Waals surface area contributed by atoms with Crippen molar-refractivity contribution in [3.63, 3.8) is 0 Å². The van der Waals surface area contributed by atoms with Crippen LogP contribution in [-0.4, -0.2) is 20.4 Å². The first-order valence-electron chi connectivity index (χ1n) is 24.6. The average molecular weight is 863 g/mol. The van der Waals surface area contributed by atoms with Crippen LogP contribution in [0.15, 0.2) is 97.1 Å². The van der Waals surface area contributed by atoms with Crippen LogP contribution in [-0.2, 0) is 21.7 Å². The molecule has 5 aromatic rings. The minimum absolute atomic E-state index is 0.0456. The molecule has 0 bridgehead atoms. The highest BCUT2D eigenvalue weighted by Crippen LogP contribution is 2.55. The molecule has 0 unspecified atom stereocenters. The molecule has 7 rings (SSSR count). The zero-order chi connectivity index (χ0) is 46.5. The first kappa shape index (κ1) is 47.3. The maximum Gasteiger partial charge on any atom is 0.119 e. The van der Waals surface area contributed by atoms with Crippen molar-refractivity contribution in [2.75, 3.05) is 0 Å². The van der Waals surface area contributed by atoms with Gasteiger partial charge in [0.15, 0.2) is 0 Å². The fourth-order valence-electron chi connectivity index (χ4n) is 12.2. The van der Waals surface area contributed by atoms with Gasteiger partial charge in [-0.2, -0.15) is 0 Å². The summed E-state index contributed by atoms with van der Waals surface area (Å²) in [6.45, 7) is 27.1. The number of hydrogen-bond acceptors (Lipinski definition) is 4. The first-order valence-corrected chi connectivity index (χ1v) is 24.6. The maximum absolute atomic E-state index is 10.9. The Balaban J connectivity index is 1.16. The van der Waals surface area contributed by atoms with Gasteiger partial charge in [-0.3, -0.25) is 0 Å². The summed E-state index contributed by atoms with van der Waals surface area (Å²) >= 11 is 0. The van der Waals surface area contributed by atoms with Crippen LogP contribution in [0.3, 0.4) is 0 Å². The summed E-state index contributed by atoms with van der Waals surface area (Å²) < 4.78 is 0. The quantitative estimate of drug-likeness (QED) is 0.101. The number of hydrogen-bond donors (Lipinski definition) is 4. The summed E-state index contributed by atoms with van der Waals surface area (Å²) in [5.41, 5.74) is 11.3. The zero-order valence-corrected chi connectivity index (χ0v) is 41.1. The van der Waals surface area contributed by atoms with E-state index in [1.54, 1.807) is 0 Å². The van der Waals surface area contributed by atoms with Gasteiger partial charge in [0.2, 0.25) is 0 Å². The van der Waals surface area contributed by atoms with Crippen molar-refractivity contribution in [3.8, 4) is 23.0 Å². The Morgan fingerprint density at radius 2 is 0.641 bits per heavy atom. The average Bonchev–Trinajstić information content (AvgIpc) is 3.26. The normalized spacial score (nSPS) is 17.5. The largest absolute Gasteiger partial charge is 0.508 e. The minimum Gasteiger partial charge on any atom is -0.508 e. The number of aromatic hydroxyl groups is 4. The Morgan fingerprint density at radius 1 is 0.391 bits per heavy atom. The summed E-state index contributed by atoms with van der Waals surface area (Å²) in [5.74, 6) is 3.26. The number of benzene rings is 5. The van der Waals surface area contributed by atoms with E-state index in [-0.39, 0.29) is 45.3 Å². The van der Waals surface area contributed by atoms with E-state index in [9.17, 15) is 20.4 Å². The van der Waals surface area contributed by atoms with Crippen molar-refractivity contribution in [3.05, 3.63) is 153 Å². The topological polar surface area (TPSA) is 80.9 Å². The SMILES string of the molecule is CC(C)c1cc(C2(c3ccc(O)c(C(C)C)c3)CCC(C(C)(C)c3cccc(C(C)(C)C4CCC(c5ccc(O)c(C(C)C)c5)(c5ccc(O)c(C(C)C)c5)CC4)c3)CC2)ccc1O. The number of phenols is 4. The van der Waals surface area contributed by atoms with Gasteiger partial charge in [-0.15, -0.1) is 0 Å². The van der Waals surface area contributed by atoms with E-state index in [0.717, 1.165) is 73.6 Å². The second-order valence-corrected chi connectivity index (χ2v) is 22.5. The van der Waals surface area contributed by atoms with Gasteiger partial charge >= 0.3 is 0 Å². The van der Waals surface area contributed by atoms with Crippen LogP contribution in [0.1, 0.15) is 214 Å². The van der Waals surface area contributed by atoms with Crippen molar-refractivity contribution in [1.29, 1.82) is 0 Å². The first-order chi connectivity index (χ1) is 30.1. The van der Waals surface area contributed by atoms with E-state index in [2.05, 4.69) is 156 Å². The molecular formula is C60H78O4. The predicted octanol–water partition coefficient (Wildman–Crippen LogP) is 15.9. The molecule has 2 saturated carbocycles. The van der Waals surface area contributed by atoms with Crippen LogP contribution < -0.4 is 0 Å². The molecule has 0 aromatic heterocycles. The molecule has 0 saturated heterocycles. The Bertz CT molecular complexity index is 2150. The van der Waals surface area contributed by atoms with Crippen LogP contribution in [0.2, 0.25) is 0 Å². The number of phenolic OH excluding ortho intramolecular Hbond substituents is 4. The Morgan fingerprint density at radius 3 is 0.875 bits per heavy atom. The number of rotatable bonds is 12. The van der Waals surface area contributed by atoms with Gasteiger partial charge in [0.05, 0.1) is 0 Å². The lowest BCUT2D eigenvalue weighted by atomic mass is 9.56. The van der Waals surface area contributed by atoms with Gasteiger partial charge in [-0.1, -0.05) is 156 Å². The third-order valence-corrected chi connectivity index (χ3v) is 16.9. The van der Waals surface area contributed by atoms with Gasteiger partial charge in [0, 0.05) is 10.8 Å². The Kier molecular flexibility index (Phi) is 13.2. The monoisotopic (exact) mass is 863 g/mol. The van der Waals surface area contributed by atoms with Crippen molar-refractivity contribution in [1.82, 2.24) is 0 Å². The summed E-state index contributed by atoms with van der Waals surface area (Å²) in [5, 5.41) is 43.5. The maximum atomic E-state index is 10.9. The van der Waals surface area contributed by atoms with E-state index >= 15 is 0 Å². The van der Waals surface area contributed by atoms with E-state index in [1.807, 2.05) is 24.3 Å². The highest BCUT2D eigenvalue weighted by atomic mass is 16.3. The molecule has 4 heteroatoms. The molecule has 4 nitrogen and oxygen atoms in total. The molecule has 0 radical (unpaired) electrons. The molecule has 342 valence electrons. The van der Waals surface area contributed by atoms with Gasteiger partial charge in [0.1, 0.15) is 23.0 Å². The third-order valence-electron chi connectivity index (χ3n) is 16.9. The molecule has 2 fully saturated rings. The lowest BCUT2D eigenvalue weighted by Gasteiger charge is -2.47. The molecule has 0 atom stereocenters. The molecule has 2 aliphatic rings. The molecule has 0 aliphatic heterocycles. The van der Waals surface area contributed by atoms with E-state index in [1.165, 1.54) is 33.4 Å². The van der Waals surface area contributed by atoms with Crippen molar-refractivity contribution >= 4 is 0 Å². The van der Waals surface area contributed by atoms with Gasteiger partial charge in [0.25, 0.3) is 0 Å². The van der Waals surface area contributed by atoms with Crippen LogP contribution in [0.25, 0.3) is 0 Å². The fraction of sp³-hybridized carbons (Fsp3) is 0.500. The Labute approximate surface area is 386 Å². The summed E-state index contributed by atoms with van der Waals surface area (Å²) in [7, 11) is 0. The van der Waals surface area contributed by atoms with E-state index < -0.39 is 0 Å². The lowest BCUT2D eigenvalue weighted by Crippen LogP contribution is -2.40. The predicted molar refractivity (Wildman–Crippen MR) is 267 cm³/mol. The second-order valence-electron chi connectivity index (χ2n) is 22.5. The van der Waals surface area contributed by atoms with Crippen molar-refractivity contribution in [2.24, 2.45) is 11.8 Å². The molecular weight excluding hydrogens is 785 g/mol. The second kappa shape index (κ2) is 17.9. The molecule has 0 heterocycles. The van der Waals surface area contributed by atoms with Crippen molar-refractivity contribution in [2.45, 2.75) is 180 Å². The summed E-state index contributed by atoms with van der Waals surface area (Å²) in [4.78, 5) is 0. The summed E-state index contributed by atoms with van der Waals surface area (Å²) in [6.07, 6.45) is 8.30. The molecule has 2 aliphatic carbocycles. The van der Waals surface area contributed by atoms with Crippen LogP contribution in [0, 0.1) is 11.8 Å². The summed E-state index contributed by atoms with van der Waals surface area (Å²) in [6, 6.07) is 34.8. The van der Waals surface area contributed by atoms with E-state index in [4.69, 9.17) is 0 Å². The third kappa shape index (κ3) is 8.60. The molecule has 64 heavy (non-hydrogen) atoms.